The van der Waals surface area contributed by atoms with Crippen molar-refractivity contribution in [3.8, 4) is 5.75 Å². The maximum absolute atomic E-state index is 13.0. The molecule has 0 bridgehead atoms. The van der Waals surface area contributed by atoms with Gasteiger partial charge in [0.1, 0.15) is 5.75 Å². The first kappa shape index (κ1) is 17.5. The Labute approximate surface area is 149 Å². The monoisotopic (exact) mass is 338 g/mol. The molecule has 4 heteroatoms. The van der Waals surface area contributed by atoms with Crippen LogP contribution in [-0.2, 0) is 10.3 Å². The van der Waals surface area contributed by atoms with Gasteiger partial charge in [0, 0.05) is 19.0 Å². The van der Waals surface area contributed by atoms with Gasteiger partial charge in [-0.05, 0) is 37.1 Å². The Hall–Kier alpha value is -2.33. The number of amides is 1. The van der Waals surface area contributed by atoms with Crippen LogP contribution >= 0.6 is 0 Å². The highest BCUT2D eigenvalue weighted by atomic mass is 16.5. The van der Waals surface area contributed by atoms with E-state index in [0.29, 0.717) is 6.54 Å². The Morgan fingerprint density at radius 2 is 1.76 bits per heavy atom. The molecule has 2 N–H and O–H groups in total. The molecule has 1 saturated heterocycles. The molecule has 0 radical (unpaired) electrons. The Morgan fingerprint density at radius 1 is 1.08 bits per heavy atom. The van der Waals surface area contributed by atoms with Gasteiger partial charge in [0.15, 0.2) is 0 Å². The summed E-state index contributed by atoms with van der Waals surface area (Å²) in [6.07, 6.45) is 0. The molecule has 1 aliphatic heterocycles. The van der Waals surface area contributed by atoms with Crippen LogP contribution in [0.25, 0.3) is 0 Å². The Morgan fingerprint density at radius 3 is 2.40 bits per heavy atom. The van der Waals surface area contributed by atoms with Crippen molar-refractivity contribution in [2.45, 2.75) is 25.3 Å². The first-order valence-electron chi connectivity index (χ1n) is 8.73. The molecular formula is C21H26N2O2. The molecule has 1 fully saturated rings. The maximum Gasteiger partial charge on any atom is 0.225 e. The topological polar surface area (TPSA) is 50.4 Å². The van der Waals surface area contributed by atoms with Crippen LogP contribution < -0.4 is 15.4 Å². The predicted molar refractivity (Wildman–Crippen MR) is 99.7 cm³/mol. The van der Waals surface area contributed by atoms with Crippen molar-refractivity contribution in [2.75, 3.05) is 20.2 Å². The van der Waals surface area contributed by atoms with Crippen molar-refractivity contribution >= 4 is 5.91 Å². The molecule has 25 heavy (non-hydrogen) atoms. The SMILES string of the molecule is COc1ccc(C2CNCC2C(=O)NC(C)(C)c2ccccc2)cc1. The number of ether oxygens (including phenoxy) is 1. The summed E-state index contributed by atoms with van der Waals surface area (Å²) in [5.41, 5.74) is 1.88. The van der Waals surface area contributed by atoms with Crippen LogP contribution in [0.4, 0.5) is 0 Å². The fourth-order valence-electron chi connectivity index (χ4n) is 3.48. The third kappa shape index (κ3) is 3.85. The summed E-state index contributed by atoms with van der Waals surface area (Å²) in [5.74, 6) is 1.04. The van der Waals surface area contributed by atoms with E-state index in [9.17, 15) is 4.79 Å². The minimum absolute atomic E-state index is 0.0728. The van der Waals surface area contributed by atoms with Crippen molar-refractivity contribution in [3.05, 3.63) is 65.7 Å². The van der Waals surface area contributed by atoms with Crippen LogP contribution in [0.1, 0.15) is 30.9 Å². The van der Waals surface area contributed by atoms with Crippen LogP contribution in [0.3, 0.4) is 0 Å². The zero-order valence-electron chi connectivity index (χ0n) is 15.1. The zero-order valence-corrected chi connectivity index (χ0v) is 15.1. The smallest absolute Gasteiger partial charge is 0.225 e. The van der Waals surface area contributed by atoms with Crippen molar-refractivity contribution in [3.63, 3.8) is 0 Å². The highest BCUT2D eigenvalue weighted by molar-refractivity contribution is 5.81. The summed E-state index contributed by atoms with van der Waals surface area (Å²) in [4.78, 5) is 13.0. The van der Waals surface area contributed by atoms with Gasteiger partial charge < -0.3 is 15.4 Å². The van der Waals surface area contributed by atoms with Crippen LogP contribution in [0.15, 0.2) is 54.6 Å². The van der Waals surface area contributed by atoms with E-state index in [0.717, 1.165) is 17.9 Å². The lowest BCUT2D eigenvalue weighted by Gasteiger charge is -2.30. The van der Waals surface area contributed by atoms with Gasteiger partial charge in [-0.1, -0.05) is 42.5 Å². The van der Waals surface area contributed by atoms with Crippen LogP contribution in [-0.4, -0.2) is 26.1 Å². The van der Waals surface area contributed by atoms with E-state index in [1.165, 1.54) is 5.56 Å². The molecular weight excluding hydrogens is 312 g/mol. The first-order valence-corrected chi connectivity index (χ1v) is 8.73. The molecule has 1 heterocycles. The van der Waals surface area contributed by atoms with Gasteiger partial charge >= 0.3 is 0 Å². The number of rotatable bonds is 5. The first-order chi connectivity index (χ1) is 12.0. The summed E-state index contributed by atoms with van der Waals surface area (Å²) in [6, 6.07) is 18.1. The number of methoxy groups -OCH3 is 1. The highest BCUT2D eigenvalue weighted by Gasteiger charge is 2.36. The Balaban J connectivity index is 1.74. The fourth-order valence-corrected chi connectivity index (χ4v) is 3.48. The van der Waals surface area contributed by atoms with E-state index in [4.69, 9.17) is 4.74 Å². The second kappa shape index (κ2) is 7.28. The van der Waals surface area contributed by atoms with Gasteiger partial charge in [-0.25, -0.2) is 0 Å². The lowest BCUT2D eigenvalue weighted by Crippen LogP contribution is -2.45. The molecule has 132 valence electrons. The van der Waals surface area contributed by atoms with E-state index in [1.54, 1.807) is 7.11 Å². The molecule has 4 nitrogen and oxygen atoms in total. The predicted octanol–water partition coefficient (Wildman–Crippen LogP) is 3.05. The summed E-state index contributed by atoms with van der Waals surface area (Å²) >= 11 is 0. The maximum atomic E-state index is 13.0. The largest absolute Gasteiger partial charge is 0.497 e. The number of hydrogen-bond acceptors (Lipinski definition) is 3. The number of hydrogen-bond donors (Lipinski definition) is 2. The van der Waals surface area contributed by atoms with E-state index in [-0.39, 0.29) is 17.7 Å². The molecule has 1 aliphatic rings. The molecule has 1 amide bonds. The molecule has 2 aromatic rings. The minimum Gasteiger partial charge on any atom is -0.497 e. The van der Waals surface area contributed by atoms with Gasteiger partial charge in [-0.2, -0.15) is 0 Å². The molecule has 3 rings (SSSR count). The third-order valence-electron chi connectivity index (χ3n) is 5.03. The lowest BCUT2D eigenvalue weighted by molar-refractivity contribution is -0.126. The molecule has 0 saturated carbocycles. The Bertz CT molecular complexity index is 710. The van der Waals surface area contributed by atoms with E-state index < -0.39 is 5.54 Å². The van der Waals surface area contributed by atoms with Crippen molar-refractivity contribution in [1.29, 1.82) is 0 Å². The van der Waals surface area contributed by atoms with E-state index in [2.05, 4.69) is 22.8 Å². The zero-order chi connectivity index (χ0) is 17.9. The molecule has 0 spiro atoms. The number of carbonyl (C=O) groups excluding carboxylic acids is 1. The Kier molecular flexibility index (Phi) is 5.09. The second-order valence-electron chi connectivity index (χ2n) is 7.12. The molecule has 2 aromatic carbocycles. The van der Waals surface area contributed by atoms with Gasteiger partial charge in [0.05, 0.1) is 18.6 Å². The fraction of sp³-hybridized carbons (Fsp3) is 0.381. The number of nitrogens with one attached hydrogen (secondary N) is 2. The van der Waals surface area contributed by atoms with E-state index >= 15 is 0 Å². The van der Waals surface area contributed by atoms with Crippen molar-refractivity contribution in [2.24, 2.45) is 5.92 Å². The van der Waals surface area contributed by atoms with Gasteiger partial charge in [-0.3, -0.25) is 4.79 Å². The lowest BCUT2D eigenvalue weighted by atomic mass is 9.86. The normalized spacial score (nSPS) is 20.3. The number of carbonyl (C=O) groups is 1. The van der Waals surface area contributed by atoms with Crippen molar-refractivity contribution in [1.82, 2.24) is 10.6 Å². The van der Waals surface area contributed by atoms with Crippen LogP contribution in [0.2, 0.25) is 0 Å². The molecule has 2 atom stereocenters. The molecule has 0 aromatic heterocycles. The summed E-state index contributed by atoms with van der Waals surface area (Å²) in [7, 11) is 1.66. The van der Waals surface area contributed by atoms with Crippen LogP contribution in [0, 0.1) is 5.92 Å². The molecule has 0 aliphatic carbocycles. The van der Waals surface area contributed by atoms with Gasteiger partial charge in [-0.15, -0.1) is 0 Å². The minimum atomic E-state index is -0.397. The second-order valence-corrected chi connectivity index (χ2v) is 7.12. The van der Waals surface area contributed by atoms with Gasteiger partial charge in [0.2, 0.25) is 5.91 Å². The average Bonchev–Trinajstić information content (AvgIpc) is 3.12. The standard InChI is InChI=1S/C21H26N2O2/c1-21(2,16-7-5-4-6-8-16)23-20(24)19-14-22-13-18(19)15-9-11-17(25-3)12-10-15/h4-12,18-19,22H,13-14H2,1-3H3,(H,23,24). The molecule has 2 unspecified atom stereocenters. The van der Waals surface area contributed by atoms with Crippen LogP contribution in [0.5, 0.6) is 5.75 Å². The van der Waals surface area contributed by atoms with Gasteiger partial charge in [0.25, 0.3) is 0 Å². The van der Waals surface area contributed by atoms with Crippen molar-refractivity contribution < 1.29 is 9.53 Å². The average molecular weight is 338 g/mol. The highest BCUT2D eigenvalue weighted by Crippen LogP contribution is 2.31. The summed E-state index contributed by atoms with van der Waals surface area (Å²) < 4.78 is 5.23. The summed E-state index contributed by atoms with van der Waals surface area (Å²) in [6.45, 7) is 5.61. The summed E-state index contributed by atoms with van der Waals surface area (Å²) in [5, 5.41) is 6.60. The number of benzene rings is 2. The van der Waals surface area contributed by atoms with E-state index in [1.807, 2.05) is 56.3 Å². The third-order valence-corrected chi connectivity index (χ3v) is 5.03. The quantitative estimate of drug-likeness (QED) is 0.881.